The molecular weight excluding hydrogens is 288 g/mol. The number of halogens is 2. The number of benzene rings is 1. The monoisotopic (exact) mass is 291 g/mol. The molecule has 4 heteroatoms. The van der Waals surface area contributed by atoms with E-state index in [2.05, 4.69) is 37.9 Å². The van der Waals surface area contributed by atoms with Gasteiger partial charge in [0.2, 0.25) is 0 Å². The first-order valence-electron chi connectivity index (χ1n) is 3.15. The maximum atomic E-state index is 10.6. The second-order valence-electron chi connectivity index (χ2n) is 2.07. The average Bonchev–Trinajstić information content (AvgIpc) is 1.97. The Morgan fingerprint density at radius 2 is 1.92 bits per heavy atom. The summed E-state index contributed by atoms with van der Waals surface area (Å²) < 4.78 is 6.33. The lowest BCUT2D eigenvalue weighted by molar-refractivity contribution is -0.131. The van der Waals surface area contributed by atoms with Crippen LogP contribution in [0.2, 0.25) is 0 Å². The van der Waals surface area contributed by atoms with Crippen molar-refractivity contribution in [2.75, 3.05) is 0 Å². The van der Waals surface area contributed by atoms with Crippen LogP contribution >= 0.6 is 31.9 Å². The predicted molar refractivity (Wildman–Crippen MR) is 52.0 cm³/mol. The Morgan fingerprint density at radius 3 is 2.33 bits per heavy atom. The SMILES string of the molecule is CC(=O)Oc1c(Br)c[c]cc1Br. The Balaban J connectivity index is 3.04. The molecule has 0 N–H and O–H groups in total. The van der Waals surface area contributed by atoms with Crippen molar-refractivity contribution in [1.82, 2.24) is 0 Å². The van der Waals surface area contributed by atoms with E-state index < -0.39 is 0 Å². The Morgan fingerprint density at radius 1 is 1.42 bits per heavy atom. The van der Waals surface area contributed by atoms with Crippen molar-refractivity contribution in [1.29, 1.82) is 0 Å². The molecule has 0 unspecified atom stereocenters. The van der Waals surface area contributed by atoms with E-state index in [0.717, 1.165) is 0 Å². The van der Waals surface area contributed by atoms with Crippen molar-refractivity contribution in [3.63, 3.8) is 0 Å². The van der Waals surface area contributed by atoms with Crippen LogP contribution in [-0.2, 0) is 4.79 Å². The third-order valence-corrected chi connectivity index (χ3v) is 2.28. The highest BCUT2D eigenvalue weighted by Gasteiger charge is 2.07. The standard InChI is InChI=1S/C8H5Br2O2/c1-5(11)12-8-6(9)3-2-4-7(8)10/h3-4H,1H3. The molecule has 0 aliphatic rings. The molecule has 12 heavy (non-hydrogen) atoms. The Hall–Kier alpha value is -0.350. The van der Waals surface area contributed by atoms with Gasteiger partial charge in [-0.2, -0.15) is 0 Å². The van der Waals surface area contributed by atoms with Crippen molar-refractivity contribution < 1.29 is 9.53 Å². The van der Waals surface area contributed by atoms with E-state index in [1.54, 1.807) is 12.1 Å². The van der Waals surface area contributed by atoms with Crippen LogP contribution in [0.25, 0.3) is 0 Å². The van der Waals surface area contributed by atoms with E-state index in [1.165, 1.54) is 6.92 Å². The van der Waals surface area contributed by atoms with E-state index >= 15 is 0 Å². The van der Waals surface area contributed by atoms with Gasteiger partial charge in [-0.3, -0.25) is 4.79 Å². The molecule has 0 heterocycles. The lowest BCUT2D eigenvalue weighted by Crippen LogP contribution is -2.02. The molecule has 0 spiro atoms. The second kappa shape index (κ2) is 4.05. The molecule has 2 nitrogen and oxygen atoms in total. The summed E-state index contributed by atoms with van der Waals surface area (Å²) in [6, 6.07) is 6.22. The van der Waals surface area contributed by atoms with Gasteiger partial charge in [-0.15, -0.1) is 0 Å². The highest BCUT2D eigenvalue weighted by Crippen LogP contribution is 2.32. The number of hydrogen-bond acceptors (Lipinski definition) is 2. The van der Waals surface area contributed by atoms with Crippen molar-refractivity contribution in [3.05, 3.63) is 27.1 Å². The van der Waals surface area contributed by atoms with Gasteiger partial charge in [-0.05, 0) is 50.1 Å². The van der Waals surface area contributed by atoms with Crippen LogP contribution in [-0.4, -0.2) is 5.97 Å². The van der Waals surface area contributed by atoms with Crippen LogP contribution in [0.3, 0.4) is 0 Å². The van der Waals surface area contributed by atoms with Crippen molar-refractivity contribution in [3.8, 4) is 5.75 Å². The van der Waals surface area contributed by atoms with E-state index in [4.69, 9.17) is 4.74 Å². The summed E-state index contributed by atoms with van der Waals surface area (Å²) in [7, 11) is 0. The molecule has 63 valence electrons. The summed E-state index contributed by atoms with van der Waals surface area (Å²) in [4.78, 5) is 10.6. The Labute approximate surface area is 87.2 Å². The van der Waals surface area contributed by atoms with E-state index in [-0.39, 0.29) is 5.97 Å². The average molecular weight is 293 g/mol. The highest BCUT2D eigenvalue weighted by atomic mass is 79.9. The zero-order valence-corrected chi connectivity index (χ0v) is 9.40. The van der Waals surface area contributed by atoms with Gasteiger partial charge in [0.05, 0.1) is 8.95 Å². The fourth-order valence-electron chi connectivity index (χ4n) is 0.674. The van der Waals surface area contributed by atoms with Crippen LogP contribution in [0.4, 0.5) is 0 Å². The third kappa shape index (κ3) is 2.32. The van der Waals surface area contributed by atoms with E-state index in [9.17, 15) is 4.79 Å². The molecule has 0 bridgehead atoms. The zero-order valence-electron chi connectivity index (χ0n) is 6.23. The van der Waals surface area contributed by atoms with Crippen molar-refractivity contribution in [2.45, 2.75) is 6.92 Å². The normalized spacial score (nSPS) is 9.58. The summed E-state index contributed by atoms with van der Waals surface area (Å²) in [6.07, 6.45) is 0. The summed E-state index contributed by atoms with van der Waals surface area (Å²) in [5.74, 6) is 0.142. The van der Waals surface area contributed by atoms with Gasteiger partial charge in [0.25, 0.3) is 0 Å². The molecule has 1 aromatic rings. The van der Waals surface area contributed by atoms with Gasteiger partial charge in [0.15, 0.2) is 5.75 Å². The maximum Gasteiger partial charge on any atom is 0.308 e. The number of esters is 1. The van der Waals surface area contributed by atoms with Gasteiger partial charge >= 0.3 is 5.97 Å². The quantitative estimate of drug-likeness (QED) is 0.588. The topological polar surface area (TPSA) is 26.3 Å². The predicted octanol–water partition coefficient (Wildman–Crippen LogP) is 2.94. The van der Waals surface area contributed by atoms with Crippen LogP contribution < -0.4 is 4.74 Å². The summed E-state index contributed by atoms with van der Waals surface area (Å²) in [6.45, 7) is 1.36. The first kappa shape index (κ1) is 9.74. The van der Waals surface area contributed by atoms with E-state index in [0.29, 0.717) is 14.7 Å². The van der Waals surface area contributed by atoms with Gasteiger partial charge in [0, 0.05) is 6.92 Å². The Bertz CT molecular complexity index is 290. The maximum absolute atomic E-state index is 10.6. The van der Waals surface area contributed by atoms with Crippen LogP contribution in [0, 0.1) is 6.07 Å². The Kier molecular flexibility index (Phi) is 3.29. The molecule has 0 saturated carbocycles. The fourth-order valence-corrected chi connectivity index (χ4v) is 1.79. The molecule has 1 radical (unpaired) electrons. The van der Waals surface area contributed by atoms with Crippen molar-refractivity contribution >= 4 is 37.8 Å². The molecule has 1 rings (SSSR count). The highest BCUT2D eigenvalue weighted by molar-refractivity contribution is 9.11. The summed E-state index contributed by atoms with van der Waals surface area (Å²) >= 11 is 6.47. The molecular formula is C8H5Br2O2. The van der Waals surface area contributed by atoms with E-state index in [1.807, 2.05) is 0 Å². The smallest absolute Gasteiger partial charge is 0.308 e. The minimum atomic E-state index is -0.345. The summed E-state index contributed by atoms with van der Waals surface area (Å²) in [5.41, 5.74) is 0. The number of carbonyl (C=O) groups is 1. The molecule has 0 saturated heterocycles. The number of rotatable bonds is 1. The summed E-state index contributed by atoms with van der Waals surface area (Å²) in [5, 5.41) is 0. The molecule has 0 aliphatic heterocycles. The molecule has 0 fully saturated rings. The van der Waals surface area contributed by atoms with Gasteiger partial charge < -0.3 is 4.74 Å². The largest absolute Gasteiger partial charge is 0.424 e. The molecule has 0 amide bonds. The minimum Gasteiger partial charge on any atom is -0.424 e. The first-order valence-corrected chi connectivity index (χ1v) is 4.73. The number of hydrogen-bond donors (Lipinski definition) is 0. The fraction of sp³-hybridized carbons (Fsp3) is 0.125. The molecule has 1 aromatic carbocycles. The van der Waals surface area contributed by atoms with Gasteiger partial charge in [0.1, 0.15) is 0 Å². The minimum absolute atomic E-state index is 0.345. The van der Waals surface area contributed by atoms with Crippen molar-refractivity contribution in [2.24, 2.45) is 0 Å². The first-order chi connectivity index (χ1) is 5.61. The molecule has 0 aliphatic carbocycles. The number of ether oxygens (including phenoxy) is 1. The second-order valence-corrected chi connectivity index (χ2v) is 3.78. The lowest BCUT2D eigenvalue weighted by Gasteiger charge is -2.04. The van der Waals surface area contributed by atoms with Gasteiger partial charge in [-0.25, -0.2) is 0 Å². The van der Waals surface area contributed by atoms with Gasteiger partial charge in [-0.1, -0.05) is 0 Å². The van der Waals surface area contributed by atoms with Crippen LogP contribution in [0.15, 0.2) is 21.1 Å². The zero-order chi connectivity index (χ0) is 9.14. The lowest BCUT2D eigenvalue weighted by atomic mass is 10.3. The molecule has 0 aromatic heterocycles. The van der Waals surface area contributed by atoms with Crippen LogP contribution in [0.5, 0.6) is 5.75 Å². The third-order valence-electron chi connectivity index (χ3n) is 1.10. The van der Waals surface area contributed by atoms with Crippen LogP contribution in [0.1, 0.15) is 6.92 Å². The number of carbonyl (C=O) groups excluding carboxylic acids is 1. The molecule has 0 atom stereocenters.